The van der Waals surface area contributed by atoms with Gasteiger partial charge in [0.2, 0.25) is 0 Å². The van der Waals surface area contributed by atoms with Gasteiger partial charge in [-0.15, -0.1) is 0 Å². The van der Waals surface area contributed by atoms with E-state index in [9.17, 15) is 4.79 Å². The van der Waals surface area contributed by atoms with E-state index in [1.807, 2.05) is 42.5 Å². The third-order valence-corrected chi connectivity index (χ3v) is 4.46. The molecule has 122 valence electrons. The van der Waals surface area contributed by atoms with Gasteiger partial charge >= 0.3 is 0 Å². The number of ketones is 1. The minimum absolute atomic E-state index is 0.0733. The molecule has 0 aliphatic rings. The maximum Gasteiger partial charge on any atom is 0.164 e. The largest absolute Gasteiger partial charge is 0.310 e. The van der Waals surface area contributed by atoms with E-state index in [1.54, 1.807) is 0 Å². The number of nitrogens with one attached hydrogen (secondary N) is 1. The van der Waals surface area contributed by atoms with Crippen molar-refractivity contribution in [3.8, 4) is 0 Å². The topological polar surface area (TPSA) is 29.1 Å². The van der Waals surface area contributed by atoms with Crippen molar-refractivity contribution < 1.29 is 4.79 Å². The molecule has 1 unspecified atom stereocenters. The molecule has 0 aliphatic carbocycles. The molecule has 0 heterocycles. The van der Waals surface area contributed by atoms with Gasteiger partial charge in [0.25, 0.3) is 0 Å². The average molecular weight is 374 g/mol. The van der Waals surface area contributed by atoms with Crippen LogP contribution in [0.2, 0.25) is 0 Å². The van der Waals surface area contributed by atoms with Crippen molar-refractivity contribution in [1.29, 1.82) is 0 Å². The maximum atomic E-state index is 12.6. The van der Waals surface area contributed by atoms with Crippen LogP contribution < -0.4 is 5.32 Å². The Morgan fingerprint density at radius 1 is 1.04 bits per heavy atom. The van der Waals surface area contributed by atoms with Gasteiger partial charge in [0.05, 0.1) is 0 Å². The molecule has 23 heavy (non-hydrogen) atoms. The first-order valence-corrected chi connectivity index (χ1v) is 9.07. The fraction of sp³-hybridized carbons (Fsp3) is 0.350. The molecule has 0 aromatic heterocycles. The molecule has 0 saturated carbocycles. The van der Waals surface area contributed by atoms with Crippen molar-refractivity contribution in [3.63, 3.8) is 0 Å². The quantitative estimate of drug-likeness (QED) is 0.461. The van der Waals surface area contributed by atoms with Crippen molar-refractivity contribution in [2.45, 2.75) is 38.6 Å². The lowest BCUT2D eigenvalue weighted by Crippen LogP contribution is -2.25. The predicted molar refractivity (Wildman–Crippen MR) is 99.8 cm³/mol. The minimum Gasteiger partial charge on any atom is -0.310 e. The smallest absolute Gasteiger partial charge is 0.164 e. The van der Waals surface area contributed by atoms with Crippen LogP contribution in [0.5, 0.6) is 0 Å². The van der Waals surface area contributed by atoms with Crippen molar-refractivity contribution in [1.82, 2.24) is 5.32 Å². The number of unbranched alkanes of at least 4 members (excludes halogenated alkanes) is 2. The summed E-state index contributed by atoms with van der Waals surface area (Å²) in [7, 11) is 0. The third-order valence-electron chi connectivity index (χ3n) is 3.93. The summed E-state index contributed by atoms with van der Waals surface area (Å²) in [6.07, 6.45) is 4.05. The molecule has 0 fully saturated rings. The van der Waals surface area contributed by atoms with Gasteiger partial charge in [-0.3, -0.25) is 4.79 Å². The van der Waals surface area contributed by atoms with Crippen molar-refractivity contribution in [2.75, 3.05) is 6.54 Å². The summed E-state index contributed by atoms with van der Waals surface area (Å²) in [5.74, 6) is 0.175. The van der Waals surface area contributed by atoms with Crippen LogP contribution in [0.4, 0.5) is 0 Å². The van der Waals surface area contributed by atoms with E-state index in [-0.39, 0.29) is 11.8 Å². The Morgan fingerprint density at radius 2 is 1.74 bits per heavy atom. The van der Waals surface area contributed by atoms with Gasteiger partial charge in [-0.2, -0.15) is 0 Å². The Labute approximate surface area is 147 Å². The molecule has 0 saturated heterocycles. The SMILES string of the molecule is CCCCCNC(CC(=O)c1ccc(Br)cc1)c1ccccc1. The first-order chi connectivity index (χ1) is 11.2. The molecule has 1 N–H and O–H groups in total. The Hall–Kier alpha value is -1.45. The fourth-order valence-corrected chi connectivity index (χ4v) is 2.85. The summed E-state index contributed by atoms with van der Waals surface area (Å²) in [6.45, 7) is 3.15. The lowest BCUT2D eigenvalue weighted by atomic mass is 9.97. The minimum atomic E-state index is 0.0733. The van der Waals surface area contributed by atoms with Gasteiger partial charge in [-0.05, 0) is 30.7 Å². The number of carbonyl (C=O) groups is 1. The number of hydrogen-bond donors (Lipinski definition) is 1. The first-order valence-electron chi connectivity index (χ1n) is 8.27. The molecule has 2 aromatic rings. The summed E-state index contributed by atoms with van der Waals surface area (Å²) in [6, 6.07) is 17.9. The van der Waals surface area contributed by atoms with Crippen molar-refractivity contribution in [3.05, 3.63) is 70.2 Å². The first kappa shape index (κ1) is 17.9. The molecule has 2 nitrogen and oxygen atoms in total. The van der Waals surface area contributed by atoms with Gasteiger partial charge in [-0.1, -0.05) is 78.2 Å². The van der Waals surface area contributed by atoms with E-state index in [1.165, 1.54) is 18.4 Å². The van der Waals surface area contributed by atoms with Crippen LogP contribution in [0.25, 0.3) is 0 Å². The summed E-state index contributed by atoms with van der Waals surface area (Å²) in [4.78, 5) is 12.6. The van der Waals surface area contributed by atoms with E-state index in [0.717, 1.165) is 23.0 Å². The van der Waals surface area contributed by atoms with Crippen molar-refractivity contribution >= 4 is 21.7 Å². The lowest BCUT2D eigenvalue weighted by molar-refractivity contribution is 0.0968. The number of rotatable bonds is 9. The van der Waals surface area contributed by atoms with Crippen LogP contribution in [0.1, 0.15) is 54.6 Å². The highest BCUT2D eigenvalue weighted by molar-refractivity contribution is 9.10. The molecule has 1 atom stereocenters. The van der Waals surface area contributed by atoms with Crippen LogP contribution in [-0.2, 0) is 0 Å². The van der Waals surface area contributed by atoms with Crippen LogP contribution in [-0.4, -0.2) is 12.3 Å². The summed E-state index contributed by atoms with van der Waals surface area (Å²) in [5, 5.41) is 3.55. The van der Waals surface area contributed by atoms with Gasteiger partial charge < -0.3 is 5.32 Å². The number of benzene rings is 2. The Bertz CT molecular complexity index is 595. The zero-order valence-electron chi connectivity index (χ0n) is 13.6. The second-order valence-electron chi connectivity index (χ2n) is 5.76. The molecule has 0 bridgehead atoms. The summed E-state index contributed by atoms with van der Waals surface area (Å²) in [5.41, 5.74) is 1.94. The molecule has 0 spiro atoms. The molecule has 2 aromatic carbocycles. The molecule has 0 amide bonds. The third kappa shape index (κ3) is 5.92. The van der Waals surface area contributed by atoms with Crippen LogP contribution in [0.3, 0.4) is 0 Å². The number of hydrogen-bond acceptors (Lipinski definition) is 2. The van der Waals surface area contributed by atoms with E-state index in [2.05, 4.69) is 40.3 Å². The lowest BCUT2D eigenvalue weighted by Gasteiger charge is -2.19. The number of Topliss-reactive ketones (excluding diaryl/α,β-unsaturated/α-hetero) is 1. The van der Waals surface area contributed by atoms with Crippen molar-refractivity contribution in [2.24, 2.45) is 0 Å². The number of carbonyl (C=O) groups excluding carboxylic acids is 1. The monoisotopic (exact) mass is 373 g/mol. The average Bonchev–Trinajstić information content (AvgIpc) is 2.59. The van der Waals surface area contributed by atoms with Crippen LogP contribution >= 0.6 is 15.9 Å². The fourth-order valence-electron chi connectivity index (χ4n) is 2.58. The van der Waals surface area contributed by atoms with E-state index in [0.29, 0.717) is 6.42 Å². The van der Waals surface area contributed by atoms with E-state index >= 15 is 0 Å². The highest BCUT2D eigenvalue weighted by Gasteiger charge is 2.16. The standard InChI is InChI=1S/C20H24BrNO/c1-2-3-7-14-22-19(16-8-5-4-6-9-16)15-20(23)17-10-12-18(21)13-11-17/h4-6,8-13,19,22H,2-3,7,14-15H2,1H3. The Kier molecular flexibility index (Phi) is 7.50. The Balaban J connectivity index is 2.04. The normalized spacial score (nSPS) is 12.1. The number of halogens is 1. The summed E-state index contributed by atoms with van der Waals surface area (Å²) < 4.78 is 0.992. The zero-order chi connectivity index (χ0) is 16.5. The molecule has 0 aliphatic heterocycles. The highest BCUT2D eigenvalue weighted by Crippen LogP contribution is 2.20. The maximum absolute atomic E-state index is 12.6. The predicted octanol–water partition coefficient (Wildman–Crippen LogP) is 5.54. The van der Waals surface area contributed by atoms with E-state index < -0.39 is 0 Å². The van der Waals surface area contributed by atoms with Gasteiger partial charge in [-0.25, -0.2) is 0 Å². The molecule has 2 rings (SSSR count). The zero-order valence-corrected chi connectivity index (χ0v) is 15.2. The van der Waals surface area contributed by atoms with Gasteiger partial charge in [0.15, 0.2) is 5.78 Å². The molecular formula is C20H24BrNO. The highest BCUT2D eigenvalue weighted by atomic mass is 79.9. The molecule has 3 heteroatoms. The second kappa shape index (κ2) is 9.64. The Morgan fingerprint density at radius 3 is 2.39 bits per heavy atom. The van der Waals surface area contributed by atoms with Crippen LogP contribution in [0, 0.1) is 0 Å². The van der Waals surface area contributed by atoms with Gasteiger partial charge in [0.1, 0.15) is 0 Å². The van der Waals surface area contributed by atoms with Crippen LogP contribution in [0.15, 0.2) is 59.1 Å². The molecule has 0 radical (unpaired) electrons. The second-order valence-corrected chi connectivity index (χ2v) is 6.67. The van der Waals surface area contributed by atoms with E-state index in [4.69, 9.17) is 0 Å². The summed E-state index contributed by atoms with van der Waals surface area (Å²) >= 11 is 3.41. The molecular weight excluding hydrogens is 350 g/mol. The van der Waals surface area contributed by atoms with Gasteiger partial charge in [0, 0.05) is 22.5 Å².